The fourth-order valence-electron chi connectivity index (χ4n) is 2.52. The molecule has 0 aromatic heterocycles. The zero-order valence-corrected chi connectivity index (χ0v) is 11.8. The minimum Gasteiger partial charge on any atom is -0.347 e. The van der Waals surface area contributed by atoms with E-state index in [4.69, 9.17) is 11.6 Å². The molecule has 2 rings (SSSR count). The highest BCUT2D eigenvalue weighted by molar-refractivity contribution is 6.30. The molecule has 98 valence electrons. The molecular weight excluding hydrogens is 248 g/mol. The van der Waals surface area contributed by atoms with Crippen molar-refractivity contribution in [1.82, 2.24) is 10.2 Å². The number of hydrogen-bond acceptors (Lipinski definition) is 2. The third-order valence-electron chi connectivity index (χ3n) is 3.45. The minimum absolute atomic E-state index is 0.109. The lowest BCUT2D eigenvalue weighted by molar-refractivity contribution is -0.130. The summed E-state index contributed by atoms with van der Waals surface area (Å²) in [4.78, 5) is 13.5. The van der Waals surface area contributed by atoms with Gasteiger partial charge in [-0.25, -0.2) is 0 Å². The maximum atomic E-state index is 11.8. The largest absolute Gasteiger partial charge is 0.347 e. The number of fused-ring (bicyclic) bond motifs is 1. The Bertz CT molecular complexity index is 459. The molecular formula is C14H19ClN2O. The van der Waals surface area contributed by atoms with E-state index in [-0.39, 0.29) is 18.0 Å². The molecule has 1 aliphatic carbocycles. The molecule has 4 heteroatoms. The predicted octanol–water partition coefficient (Wildman–Crippen LogP) is 2.39. The topological polar surface area (TPSA) is 32.3 Å². The van der Waals surface area contributed by atoms with E-state index in [1.54, 1.807) is 19.0 Å². The number of halogens is 1. The molecule has 0 spiro atoms. The second kappa shape index (κ2) is 5.29. The van der Waals surface area contributed by atoms with Gasteiger partial charge in [0, 0.05) is 25.2 Å². The van der Waals surface area contributed by atoms with Crippen LogP contribution in [0.2, 0.25) is 5.02 Å². The molecule has 0 bridgehead atoms. The molecule has 18 heavy (non-hydrogen) atoms. The number of nitrogens with zero attached hydrogens (tertiary/aromatic N) is 1. The summed E-state index contributed by atoms with van der Waals surface area (Å²) < 4.78 is 0. The van der Waals surface area contributed by atoms with Crippen LogP contribution >= 0.6 is 11.6 Å². The Balaban J connectivity index is 2.08. The summed E-state index contributed by atoms with van der Waals surface area (Å²) in [6, 6.07) is 6.10. The van der Waals surface area contributed by atoms with Crippen LogP contribution in [0.4, 0.5) is 0 Å². The fraction of sp³-hybridized carbons (Fsp3) is 0.500. The van der Waals surface area contributed by atoms with Crippen molar-refractivity contribution in [2.24, 2.45) is 0 Å². The Hall–Kier alpha value is -1.06. The number of nitrogens with one attached hydrogen (secondary N) is 1. The van der Waals surface area contributed by atoms with Gasteiger partial charge in [-0.15, -0.1) is 0 Å². The van der Waals surface area contributed by atoms with Crippen molar-refractivity contribution < 1.29 is 4.79 Å². The Morgan fingerprint density at radius 3 is 2.89 bits per heavy atom. The van der Waals surface area contributed by atoms with Crippen LogP contribution in [0.5, 0.6) is 0 Å². The Labute approximate surface area is 113 Å². The van der Waals surface area contributed by atoms with Crippen LogP contribution in [-0.4, -0.2) is 30.9 Å². The van der Waals surface area contributed by atoms with E-state index in [9.17, 15) is 4.79 Å². The lowest BCUT2D eigenvalue weighted by atomic mass is 10.1. The van der Waals surface area contributed by atoms with E-state index in [1.165, 1.54) is 11.1 Å². The van der Waals surface area contributed by atoms with Crippen LogP contribution in [0.1, 0.15) is 30.5 Å². The number of benzene rings is 1. The number of hydrogen-bond donors (Lipinski definition) is 1. The first-order valence-electron chi connectivity index (χ1n) is 6.24. The number of aryl methyl sites for hydroxylation is 1. The molecule has 1 aliphatic rings. The molecule has 3 nitrogen and oxygen atoms in total. The number of carbonyl (C=O) groups is 1. The molecule has 1 aromatic rings. The van der Waals surface area contributed by atoms with E-state index < -0.39 is 0 Å². The summed E-state index contributed by atoms with van der Waals surface area (Å²) in [6.07, 6.45) is 2.05. The average molecular weight is 267 g/mol. The molecule has 0 heterocycles. The first-order valence-corrected chi connectivity index (χ1v) is 6.62. The smallest absolute Gasteiger partial charge is 0.238 e. The van der Waals surface area contributed by atoms with Crippen molar-refractivity contribution in [2.75, 3.05) is 14.1 Å². The van der Waals surface area contributed by atoms with Gasteiger partial charge in [0.1, 0.15) is 0 Å². The molecule has 1 amide bonds. The molecule has 0 saturated heterocycles. The second-order valence-corrected chi connectivity index (χ2v) is 5.49. The van der Waals surface area contributed by atoms with Crippen molar-refractivity contribution >= 4 is 17.5 Å². The zero-order valence-electron chi connectivity index (χ0n) is 11.0. The van der Waals surface area contributed by atoms with Gasteiger partial charge in [-0.2, -0.15) is 0 Å². The second-order valence-electron chi connectivity index (χ2n) is 5.06. The van der Waals surface area contributed by atoms with Gasteiger partial charge in [0.25, 0.3) is 0 Å². The summed E-state index contributed by atoms with van der Waals surface area (Å²) in [7, 11) is 3.56. The van der Waals surface area contributed by atoms with Gasteiger partial charge in [0.05, 0.1) is 6.04 Å². The van der Waals surface area contributed by atoms with Crippen LogP contribution in [0, 0.1) is 0 Å². The predicted molar refractivity (Wildman–Crippen MR) is 73.8 cm³/mol. The van der Waals surface area contributed by atoms with Gasteiger partial charge in [0.2, 0.25) is 5.91 Å². The quantitative estimate of drug-likeness (QED) is 0.911. The molecule has 1 N–H and O–H groups in total. The van der Waals surface area contributed by atoms with Crippen LogP contribution in [0.25, 0.3) is 0 Å². The molecule has 0 fully saturated rings. The van der Waals surface area contributed by atoms with Gasteiger partial charge in [-0.3, -0.25) is 10.1 Å². The monoisotopic (exact) mass is 266 g/mol. The molecule has 0 aliphatic heterocycles. The summed E-state index contributed by atoms with van der Waals surface area (Å²) in [6.45, 7) is 1.91. The summed E-state index contributed by atoms with van der Waals surface area (Å²) in [5.74, 6) is 0.109. The third-order valence-corrected chi connectivity index (χ3v) is 3.68. The molecule has 2 atom stereocenters. The van der Waals surface area contributed by atoms with Crippen molar-refractivity contribution in [2.45, 2.75) is 31.8 Å². The lowest BCUT2D eigenvalue weighted by Gasteiger charge is -2.22. The SMILES string of the molecule is CC(NC1CCc2cc(Cl)ccc21)C(=O)N(C)C. The van der Waals surface area contributed by atoms with Gasteiger partial charge in [-0.05, 0) is 43.0 Å². The van der Waals surface area contributed by atoms with Crippen molar-refractivity contribution in [1.29, 1.82) is 0 Å². The Kier molecular flexibility index (Phi) is 3.93. The molecule has 0 radical (unpaired) electrons. The molecule has 0 saturated carbocycles. The normalized spacial score (nSPS) is 19.4. The van der Waals surface area contributed by atoms with E-state index in [0.717, 1.165) is 17.9 Å². The van der Waals surface area contributed by atoms with Gasteiger partial charge >= 0.3 is 0 Å². The number of carbonyl (C=O) groups excluding carboxylic acids is 1. The molecule has 2 unspecified atom stereocenters. The lowest BCUT2D eigenvalue weighted by Crippen LogP contribution is -2.42. The van der Waals surface area contributed by atoms with E-state index >= 15 is 0 Å². The highest BCUT2D eigenvalue weighted by Crippen LogP contribution is 2.33. The van der Waals surface area contributed by atoms with Crippen molar-refractivity contribution in [3.63, 3.8) is 0 Å². The summed E-state index contributed by atoms with van der Waals surface area (Å²) in [5, 5.41) is 4.19. The fourth-order valence-corrected chi connectivity index (χ4v) is 2.71. The maximum absolute atomic E-state index is 11.8. The zero-order chi connectivity index (χ0) is 13.3. The number of likely N-dealkylation sites (N-methyl/N-ethyl adjacent to an activating group) is 1. The first kappa shape index (κ1) is 13.4. The number of rotatable bonds is 3. The standard InChI is InChI=1S/C14H19ClN2O/c1-9(14(18)17(2)3)16-13-7-4-10-8-11(15)5-6-12(10)13/h5-6,8-9,13,16H,4,7H2,1-3H3. The van der Waals surface area contributed by atoms with E-state index in [1.807, 2.05) is 19.1 Å². The summed E-state index contributed by atoms with van der Waals surface area (Å²) >= 11 is 5.99. The average Bonchev–Trinajstić information content (AvgIpc) is 2.70. The van der Waals surface area contributed by atoms with Crippen molar-refractivity contribution in [3.05, 3.63) is 34.3 Å². The first-order chi connectivity index (χ1) is 8.49. The van der Waals surface area contributed by atoms with Crippen LogP contribution in [0.3, 0.4) is 0 Å². The summed E-state index contributed by atoms with van der Waals surface area (Å²) in [5.41, 5.74) is 2.57. The molecule has 1 aromatic carbocycles. The Morgan fingerprint density at radius 2 is 2.22 bits per heavy atom. The maximum Gasteiger partial charge on any atom is 0.238 e. The van der Waals surface area contributed by atoms with Crippen molar-refractivity contribution in [3.8, 4) is 0 Å². The van der Waals surface area contributed by atoms with Crippen LogP contribution < -0.4 is 5.32 Å². The third kappa shape index (κ3) is 2.68. The van der Waals surface area contributed by atoms with Crippen LogP contribution in [0.15, 0.2) is 18.2 Å². The van der Waals surface area contributed by atoms with Crippen LogP contribution in [-0.2, 0) is 11.2 Å². The minimum atomic E-state index is -0.161. The van der Waals surface area contributed by atoms with E-state index in [0.29, 0.717) is 0 Å². The van der Waals surface area contributed by atoms with E-state index in [2.05, 4.69) is 11.4 Å². The highest BCUT2D eigenvalue weighted by Gasteiger charge is 2.26. The van der Waals surface area contributed by atoms with Gasteiger partial charge in [0.15, 0.2) is 0 Å². The number of amides is 1. The highest BCUT2D eigenvalue weighted by atomic mass is 35.5. The Morgan fingerprint density at radius 1 is 1.50 bits per heavy atom. The van der Waals surface area contributed by atoms with Gasteiger partial charge < -0.3 is 4.90 Å². The van der Waals surface area contributed by atoms with Gasteiger partial charge in [-0.1, -0.05) is 17.7 Å².